The number of hydrogen-bond donors (Lipinski definition) is 0. The highest BCUT2D eigenvalue weighted by atomic mass is 35.5. The molecule has 3 aromatic carbocycles. The number of likely N-dealkylation sites (N-methyl/N-ethyl adjacent to an activating group) is 1. The summed E-state index contributed by atoms with van der Waals surface area (Å²) in [6.45, 7) is 0.291. The molecule has 0 bridgehead atoms. The van der Waals surface area contributed by atoms with Crippen molar-refractivity contribution < 1.29 is 19.1 Å². The van der Waals surface area contributed by atoms with Gasteiger partial charge in [0.25, 0.3) is 5.91 Å². The van der Waals surface area contributed by atoms with Gasteiger partial charge in [0.05, 0.1) is 28.3 Å². The zero-order chi connectivity index (χ0) is 24.9. The number of hydrogen-bond acceptors (Lipinski definition) is 6. The van der Waals surface area contributed by atoms with Gasteiger partial charge in [-0.15, -0.1) is 0 Å². The lowest BCUT2D eigenvalue weighted by Crippen LogP contribution is -2.23. The van der Waals surface area contributed by atoms with Gasteiger partial charge < -0.3 is 9.47 Å². The second kappa shape index (κ2) is 11.0. The van der Waals surface area contributed by atoms with E-state index in [2.05, 4.69) is 4.99 Å². The number of carbonyl (C=O) groups excluding carboxylic acids is 2. The summed E-state index contributed by atoms with van der Waals surface area (Å²) in [6, 6.07) is 19.4. The Kier molecular flexibility index (Phi) is 7.80. The minimum absolute atomic E-state index is 0.171. The summed E-state index contributed by atoms with van der Waals surface area (Å²) < 4.78 is 10.5. The van der Waals surface area contributed by atoms with Gasteiger partial charge in [-0.3, -0.25) is 9.69 Å². The number of amides is 1. The molecule has 1 aliphatic heterocycles. The molecule has 3 aromatic rings. The minimum Gasteiger partial charge on any atom is -0.487 e. The maximum absolute atomic E-state index is 12.8. The third-order valence-corrected chi connectivity index (χ3v) is 6.84. The van der Waals surface area contributed by atoms with E-state index in [1.54, 1.807) is 55.6 Å². The van der Waals surface area contributed by atoms with Gasteiger partial charge in [-0.2, -0.15) is 0 Å². The zero-order valence-corrected chi connectivity index (χ0v) is 21.2. The number of thioether (sulfide) groups is 1. The maximum Gasteiger partial charge on any atom is 0.337 e. The Morgan fingerprint density at radius 2 is 1.80 bits per heavy atom. The van der Waals surface area contributed by atoms with Crippen LogP contribution in [0.1, 0.15) is 21.5 Å². The molecule has 9 heteroatoms. The number of aliphatic imine (C=N–C) groups is 1. The van der Waals surface area contributed by atoms with Crippen LogP contribution in [0.3, 0.4) is 0 Å². The van der Waals surface area contributed by atoms with E-state index in [1.165, 1.54) is 23.8 Å². The molecule has 1 heterocycles. The number of halogens is 2. The molecule has 178 valence electrons. The van der Waals surface area contributed by atoms with Crippen LogP contribution >= 0.6 is 35.0 Å². The summed E-state index contributed by atoms with van der Waals surface area (Å²) in [7, 11) is 2.99. The van der Waals surface area contributed by atoms with Crippen molar-refractivity contribution >= 4 is 63.8 Å². The summed E-state index contributed by atoms with van der Waals surface area (Å²) in [4.78, 5) is 30.9. The smallest absolute Gasteiger partial charge is 0.337 e. The van der Waals surface area contributed by atoms with E-state index in [0.29, 0.717) is 43.7 Å². The molecular weight excluding hydrogens is 507 g/mol. The molecule has 1 aliphatic rings. The van der Waals surface area contributed by atoms with Crippen LogP contribution in [0, 0.1) is 0 Å². The van der Waals surface area contributed by atoms with Crippen LogP contribution < -0.4 is 4.74 Å². The predicted octanol–water partition coefficient (Wildman–Crippen LogP) is 6.59. The number of ether oxygens (including phenoxy) is 2. The highest BCUT2D eigenvalue weighted by Crippen LogP contribution is 2.35. The number of esters is 1. The van der Waals surface area contributed by atoms with Crippen molar-refractivity contribution in [3.05, 3.63) is 98.4 Å². The number of methoxy groups -OCH3 is 1. The predicted molar refractivity (Wildman–Crippen MR) is 140 cm³/mol. The molecule has 0 aromatic heterocycles. The summed E-state index contributed by atoms with van der Waals surface area (Å²) in [5.74, 6) is -0.0695. The van der Waals surface area contributed by atoms with Crippen LogP contribution in [0.5, 0.6) is 5.75 Å². The molecule has 0 unspecified atom stereocenters. The van der Waals surface area contributed by atoms with Crippen LogP contribution in [0.25, 0.3) is 6.08 Å². The Morgan fingerprint density at radius 3 is 2.49 bits per heavy atom. The van der Waals surface area contributed by atoms with Crippen molar-refractivity contribution in [2.75, 3.05) is 14.2 Å². The van der Waals surface area contributed by atoms with Crippen molar-refractivity contribution in [3.63, 3.8) is 0 Å². The third-order valence-electron chi connectivity index (χ3n) is 5.11. The van der Waals surface area contributed by atoms with Crippen molar-refractivity contribution in [1.29, 1.82) is 0 Å². The lowest BCUT2D eigenvalue weighted by atomic mass is 10.2. The summed E-state index contributed by atoms with van der Waals surface area (Å²) in [6.07, 6.45) is 1.76. The average molecular weight is 527 g/mol. The SMILES string of the molecule is COC(=O)c1ccc(N=C2S/C(=C\c3ccc(OCc4ccccc4Cl)c(Cl)c3)C(=O)N2C)cc1. The molecule has 1 saturated heterocycles. The first-order valence-electron chi connectivity index (χ1n) is 10.5. The zero-order valence-electron chi connectivity index (χ0n) is 18.8. The van der Waals surface area contributed by atoms with Crippen LogP contribution in [0.2, 0.25) is 10.0 Å². The fourth-order valence-electron chi connectivity index (χ4n) is 3.20. The minimum atomic E-state index is -0.420. The van der Waals surface area contributed by atoms with E-state index < -0.39 is 5.97 Å². The molecule has 0 atom stereocenters. The molecular formula is C26H20Cl2N2O4S. The number of rotatable bonds is 6. The summed E-state index contributed by atoms with van der Waals surface area (Å²) in [5, 5.41) is 1.58. The van der Waals surface area contributed by atoms with Crippen LogP contribution in [0.4, 0.5) is 5.69 Å². The molecule has 0 spiro atoms. The normalized spacial score (nSPS) is 15.7. The maximum atomic E-state index is 12.8. The number of amidine groups is 1. The van der Waals surface area contributed by atoms with E-state index in [1.807, 2.05) is 24.3 Å². The fraction of sp³-hybridized carbons (Fsp3) is 0.115. The Balaban J connectivity index is 1.48. The van der Waals surface area contributed by atoms with E-state index in [-0.39, 0.29) is 5.91 Å². The van der Waals surface area contributed by atoms with Gasteiger partial charge >= 0.3 is 5.97 Å². The molecule has 0 aliphatic carbocycles. The monoisotopic (exact) mass is 526 g/mol. The van der Waals surface area contributed by atoms with Gasteiger partial charge in [-0.05, 0) is 65.9 Å². The molecule has 0 radical (unpaired) electrons. The van der Waals surface area contributed by atoms with E-state index in [0.717, 1.165) is 11.1 Å². The standard InChI is InChI=1S/C26H20Cl2N2O4S/c1-30-24(31)23(35-26(30)29-19-10-8-17(9-11-19)25(32)33-2)14-16-7-12-22(21(28)13-16)34-15-18-5-3-4-6-20(18)27/h3-14H,15H2,1-2H3/b23-14-,29-26?. The van der Waals surface area contributed by atoms with E-state index in [9.17, 15) is 9.59 Å². The first-order valence-corrected chi connectivity index (χ1v) is 12.0. The van der Waals surface area contributed by atoms with Crippen molar-refractivity contribution in [2.24, 2.45) is 4.99 Å². The molecule has 6 nitrogen and oxygen atoms in total. The Morgan fingerprint density at radius 1 is 1.06 bits per heavy atom. The number of benzene rings is 3. The highest BCUT2D eigenvalue weighted by Gasteiger charge is 2.30. The largest absolute Gasteiger partial charge is 0.487 e. The quantitative estimate of drug-likeness (QED) is 0.267. The molecule has 4 rings (SSSR count). The van der Waals surface area contributed by atoms with Gasteiger partial charge in [0.2, 0.25) is 0 Å². The Bertz CT molecular complexity index is 1340. The van der Waals surface area contributed by atoms with Gasteiger partial charge in [0.15, 0.2) is 5.17 Å². The molecule has 0 saturated carbocycles. The second-order valence-corrected chi connectivity index (χ2v) is 9.30. The topological polar surface area (TPSA) is 68.2 Å². The lowest BCUT2D eigenvalue weighted by molar-refractivity contribution is -0.121. The van der Waals surface area contributed by atoms with Crippen LogP contribution in [-0.4, -0.2) is 36.1 Å². The highest BCUT2D eigenvalue weighted by molar-refractivity contribution is 8.18. The van der Waals surface area contributed by atoms with E-state index in [4.69, 9.17) is 32.7 Å². The van der Waals surface area contributed by atoms with Crippen LogP contribution in [0.15, 0.2) is 76.6 Å². The summed E-state index contributed by atoms with van der Waals surface area (Å²) >= 11 is 13.9. The van der Waals surface area contributed by atoms with Gasteiger partial charge in [0, 0.05) is 17.6 Å². The van der Waals surface area contributed by atoms with Crippen LogP contribution in [-0.2, 0) is 16.1 Å². The van der Waals surface area contributed by atoms with Crippen molar-refractivity contribution in [1.82, 2.24) is 4.90 Å². The molecule has 1 fully saturated rings. The fourth-order valence-corrected chi connectivity index (χ4v) is 4.62. The lowest BCUT2D eigenvalue weighted by Gasteiger charge is -2.10. The summed E-state index contributed by atoms with van der Waals surface area (Å²) in [5.41, 5.74) is 2.66. The number of nitrogens with zero attached hydrogens (tertiary/aromatic N) is 2. The first-order chi connectivity index (χ1) is 16.9. The molecule has 1 amide bonds. The number of carbonyl (C=O) groups is 2. The van der Waals surface area contributed by atoms with Crippen molar-refractivity contribution in [3.8, 4) is 5.75 Å². The molecule has 35 heavy (non-hydrogen) atoms. The van der Waals surface area contributed by atoms with Gasteiger partial charge in [0.1, 0.15) is 12.4 Å². The van der Waals surface area contributed by atoms with Crippen molar-refractivity contribution in [2.45, 2.75) is 6.61 Å². The Hall–Kier alpha value is -3.26. The van der Waals surface area contributed by atoms with Gasteiger partial charge in [-0.1, -0.05) is 47.5 Å². The molecule has 0 N–H and O–H groups in total. The second-order valence-electron chi connectivity index (χ2n) is 7.48. The first kappa shape index (κ1) is 24.9. The average Bonchev–Trinajstić information content (AvgIpc) is 3.12. The Labute approximate surface area is 217 Å². The van der Waals surface area contributed by atoms with E-state index >= 15 is 0 Å². The third kappa shape index (κ3) is 5.88. The van der Waals surface area contributed by atoms with Gasteiger partial charge in [-0.25, -0.2) is 9.79 Å².